The van der Waals surface area contributed by atoms with E-state index in [-0.39, 0.29) is 6.10 Å². The Morgan fingerprint density at radius 3 is 2.88 bits per heavy atom. The van der Waals surface area contributed by atoms with E-state index in [4.69, 9.17) is 9.47 Å². The number of hydrogen-bond donors (Lipinski definition) is 1. The van der Waals surface area contributed by atoms with Crippen molar-refractivity contribution in [3.63, 3.8) is 0 Å². The first kappa shape index (κ1) is 17.7. The Hall–Kier alpha value is -2.12. The van der Waals surface area contributed by atoms with Crippen molar-refractivity contribution < 1.29 is 9.47 Å². The van der Waals surface area contributed by atoms with Gasteiger partial charge in [-0.3, -0.25) is 0 Å². The van der Waals surface area contributed by atoms with E-state index in [1.165, 1.54) is 0 Å². The summed E-state index contributed by atoms with van der Waals surface area (Å²) in [5.41, 5.74) is 3.24. The van der Waals surface area contributed by atoms with Gasteiger partial charge in [0.15, 0.2) is 0 Å². The SMILES string of the molecule is COc1c(CNCc2ccc(N3CCO[C@@H](C)C3)nc2)c(C)nn1C. The van der Waals surface area contributed by atoms with Crippen LogP contribution in [0.3, 0.4) is 0 Å². The van der Waals surface area contributed by atoms with Gasteiger partial charge >= 0.3 is 0 Å². The minimum Gasteiger partial charge on any atom is -0.481 e. The maximum atomic E-state index is 5.58. The molecule has 0 unspecified atom stereocenters. The minimum absolute atomic E-state index is 0.259. The van der Waals surface area contributed by atoms with E-state index in [1.54, 1.807) is 11.8 Å². The van der Waals surface area contributed by atoms with Crippen molar-refractivity contribution in [1.29, 1.82) is 0 Å². The Bertz CT molecular complexity index is 698. The molecular formula is C18H27N5O2. The number of rotatable bonds is 6. The van der Waals surface area contributed by atoms with Crippen molar-refractivity contribution in [3.8, 4) is 5.88 Å². The molecule has 7 heteroatoms. The molecule has 1 N–H and O–H groups in total. The van der Waals surface area contributed by atoms with Crippen molar-refractivity contribution in [2.75, 3.05) is 31.7 Å². The molecule has 0 aromatic carbocycles. The number of morpholine rings is 1. The molecule has 136 valence electrons. The van der Waals surface area contributed by atoms with E-state index >= 15 is 0 Å². The highest BCUT2D eigenvalue weighted by Gasteiger charge is 2.17. The van der Waals surface area contributed by atoms with Crippen LogP contribution in [0.25, 0.3) is 0 Å². The van der Waals surface area contributed by atoms with Gasteiger partial charge in [0.25, 0.3) is 0 Å². The van der Waals surface area contributed by atoms with E-state index < -0.39 is 0 Å². The Balaban J connectivity index is 1.56. The highest BCUT2D eigenvalue weighted by Crippen LogP contribution is 2.20. The first-order valence-corrected chi connectivity index (χ1v) is 8.67. The minimum atomic E-state index is 0.259. The number of ether oxygens (including phenoxy) is 2. The van der Waals surface area contributed by atoms with Gasteiger partial charge in [0, 0.05) is 39.4 Å². The van der Waals surface area contributed by atoms with Crippen LogP contribution >= 0.6 is 0 Å². The smallest absolute Gasteiger partial charge is 0.216 e. The molecule has 0 amide bonds. The normalized spacial score (nSPS) is 17.8. The topological polar surface area (TPSA) is 64.4 Å². The molecule has 1 atom stereocenters. The summed E-state index contributed by atoms with van der Waals surface area (Å²) in [4.78, 5) is 6.88. The molecule has 0 spiro atoms. The summed E-state index contributed by atoms with van der Waals surface area (Å²) >= 11 is 0. The fourth-order valence-electron chi connectivity index (χ4n) is 3.21. The van der Waals surface area contributed by atoms with Gasteiger partial charge in [0.2, 0.25) is 5.88 Å². The molecule has 25 heavy (non-hydrogen) atoms. The lowest BCUT2D eigenvalue weighted by atomic mass is 10.2. The van der Waals surface area contributed by atoms with Crippen LogP contribution in [0.15, 0.2) is 18.3 Å². The monoisotopic (exact) mass is 345 g/mol. The second-order valence-corrected chi connectivity index (χ2v) is 6.45. The third-order valence-corrected chi connectivity index (χ3v) is 4.49. The largest absolute Gasteiger partial charge is 0.481 e. The predicted octanol–water partition coefficient (Wildman–Crippen LogP) is 1.65. The zero-order chi connectivity index (χ0) is 17.8. The fraction of sp³-hybridized carbons (Fsp3) is 0.556. The molecule has 7 nitrogen and oxygen atoms in total. The second-order valence-electron chi connectivity index (χ2n) is 6.45. The van der Waals surface area contributed by atoms with Crippen molar-refractivity contribution in [2.45, 2.75) is 33.0 Å². The number of aromatic nitrogens is 3. The number of methoxy groups -OCH3 is 1. The summed E-state index contributed by atoms with van der Waals surface area (Å²) in [6.45, 7) is 8.12. The number of pyridine rings is 1. The number of nitrogens with zero attached hydrogens (tertiary/aromatic N) is 4. The molecule has 3 rings (SSSR count). The first-order chi connectivity index (χ1) is 12.1. The van der Waals surface area contributed by atoms with Crippen LogP contribution in [-0.2, 0) is 24.9 Å². The van der Waals surface area contributed by atoms with Gasteiger partial charge < -0.3 is 19.7 Å². The van der Waals surface area contributed by atoms with E-state index in [9.17, 15) is 0 Å². The summed E-state index contributed by atoms with van der Waals surface area (Å²) in [7, 11) is 3.57. The summed E-state index contributed by atoms with van der Waals surface area (Å²) in [6.07, 6.45) is 2.20. The molecule has 1 aliphatic heterocycles. The van der Waals surface area contributed by atoms with Crippen LogP contribution in [0.4, 0.5) is 5.82 Å². The number of anilines is 1. The summed E-state index contributed by atoms with van der Waals surface area (Å²) in [5, 5.41) is 7.85. The van der Waals surface area contributed by atoms with Crippen molar-refractivity contribution in [3.05, 3.63) is 35.2 Å². The lowest BCUT2D eigenvalue weighted by Crippen LogP contribution is -2.41. The van der Waals surface area contributed by atoms with Gasteiger partial charge in [-0.15, -0.1) is 0 Å². The van der Waals surface area contributed by atoms with E-state index in [2.05, 4.69) is 39.4 Å². The fourth-order valence-corrected chi connectivity index (χ4v) is 3.21. The standard InChI is InChI=1S/C18H27N5O2/c1-13-12-23(7-8-25-13)17-6-5-15(10-20-17)9-19-11-16-14(2)21-22(3)18(16)24-4/h5-6,10,13,19H,7-9,11-12H2,1-4H3/t13-/m0/s1. The summed E-state index contributed by atoms with van der Waals surface area (Å²) < 4.78 is 12.8. The van der Waals surface area contributed by atoms with Crippen LogP contribution in [0.1, 0.15) is 23.7 Å². The zero-order valence-corrected chi connectivity index (χ0v) is 15.5. The van der Waals surface area contributed by atoms with Crippen molar-refractivity contribution in [1.82, 2.24) is 20.1 Å². The lowest BCUT2D eigenvalue weighted by Gasteiger charge is -2.32. The lowest BCUT2D eigenvalue weighted by molar-refractivity contribution is 0.0529. The average Bonchev–Trinajstić information content (AvgIpc) is 2.88. The van der Waals surface area contributed by atoms with Crippen LogP contribution in [-0.4, -0.2) is 47.7 Å². The van der Waals surface area contributed by atoms with Gasteiger partial charge in [-0.2, -0.15) is 5.10 Å². The van der Waals surface area contributed by atoms with E-state index in [0.29, 0.717) is 6.54 Å². The molecule has 1 aliphatic rings. The van der Waals surface area contributed by atoms with Gasteiger partial charge in [-0.1, -0.05) is 6.07 Å². The Labute approximate surface area is 148 Å². The summed E-state index contributed by atoms with van der Waals surface area (Å²) in [6, 6.07) is 4.22. The first-order valence-electron chi connectivity index (χ1n) is 8.67. The second kappa shape index (κ2) is 7.84. The highest BCUT2D eigenvalue weighted by atomic mass is 16.5. The quantitative estimate of drug-likeness (QED) is 0.859. The number of nitrogens with one attached hydrogen (secondary N) is 1. The van der Waals surface area contributed by atoms with Crippen molar-refractivity contribution >= 4 is 5.82 Å². The molecular weight excluding hydrogens is 318 g/mol. The van der Waals surface area contributed by atoms with Gasteiger partial charge in [-0.25, -0.2) is 9.67 Å². The van der Waals surface area contributed by atoms with E-state index in [0.717, 1.165) is 54.8 Å². The molecule has 0 saturated carbocycles. The van der Waals surface area contributed by atoms with Crippen LogP contribution < -0.4 is 15.0 Å². The molecule has 0 bridgehead atoms. The third kappa shape index (κ3) is 4.11. The maximum absolute atomic E-state index is 5.58. The average molecular weight is 345 g/mol. The Morgan fingerprint density at radius 1 is 1.36 bits per heavy atom. The molecule has 3 heterocycles. The van der Waals surface area contributed by atoms with Crippen LogP contribution in [0.2, 0.25) is 0 Å². The van der Waals surface area contributed by atoms with Gasteiger partial charge in [-0.05, 0) is 25.5 Å². The number of aryl methyl sites for hydroxylation is 2. The van der Waals surface area contributed by atoms with E-state index in [1.807, 2.05) is 20.2 Å². The Morgan fingerprint density at radius 2 is 2.20 bits per heavy atom. The molecule has 2 aromatic heterocycles. The molecule has 0 aliphatic carbocycles. The Kier molecular flexibility index (Phi) is 5.55. The zero-order valence-electron chi connectivity index (χ0n) is 15.5. The maximum Gasteiger partial charge on any atom is 0.216 e. The van der Waals surface area contributed by atoms with Gasteiger partial charge in [0.05, 0.1) is 31.1 Å². The molecule has 1 fully saturated rings. The highest BCUT2D eigenvalue weighted by molar-refractivity contribution is 5.40. The third-order valence-electron chi connectivity index (χ3n) is 4.49. The molecule has 1 saturated heterocycles. The van der Waals surface area contributed by atoms with Crippen molar-refractivity contribution in [2.24, 2.45) is 7.05 Å². The molecule has 2 aromatic rings. The van der Waals surface area contributed by atoms with Crippen LogP contribution in [0, 0.1) is 6.92 Å². The molecule has 0 radical (unpaired) electrons. The summed E-state index contributed by atoms with van der Waals surface area (Å²) in [5.74, 6) is 1.82. The predicted molar refractivity (Wildman–Crippen MR) is 96.9 cm³/mol. The van der Waals surface area contributed by atoms with Gasteiger partial charge in [0.1, 0.15) is 5.82 Å². The van der Waals surface area contributed by atoms with Crippen LogP contribution in [0.5, 0.6) is 5.88 Å². The number of hydrogen-bond acceptors (Lipinski definition) is 6.